The van der Waals surface area contributed by atoms with E-state index in [0.29, 0.717) is 18.1 Å². The molecule has 2 aromatic rings. The van der Waals surface area contributed by atoms with Crippen molar-refractivity contribution in [2.75, 3.05) is 26.7 Å². The van der Waals surface area contributed by atoms with Crippen LogP contribution in [0.5, 0.6) is 0 Å². The van der Waals surface area contributed by atoms with Crippen LogP contribution in [0.2, 0.25) is 0 Å². The summed E-state index contributed by atoms with van der Waals surface area (Å²) in [7, 11) is 1.44. The quantitative estimate of drug-likeness (QED) is 0.731. The molecule has 1 fully saturated rings. The average molecular weight is 414 g/mol. The summed E-state index contributed by atoms with van der Waals surface area (Å²) in [6, 6.07) is 2.82. The molecule has 2 N–H and O–H groups in total. The molecule has 3 rings (SSSR count). The summed E-state index contributed by atoms with van der Waals surface area (Å²) in [6.07, 6.45) is -2.61. The zero-order chi connectivity index (χ0) is 21.2. The molecule has 0 spiro atoms. The summed E-state index contributed by atoms with van der Waals surface area (Å²) in [5, 5.41) is 12.3. The van der Waals surface area contributed by atoms with E-state index in [-0.39, 0.29) is 18.0 Å². The molecule has 1 amide bonds. The lowest BCUT2D eigenvalue weighted by Gasteiger charge is -2.23. The highest BCUT2D eigenvalue weighted by molar-refractivity contribution is 5.64. The van der Waals surface area contributed by atoms with Crippen molar-refractivity contribution in [2.45, 2.75) is 31.5 Å². The standard InChI is InChI=1S/C19H22F4N4O2/c1-26(18(28)29)8-9-27-11-16(25-17(27)12-4-6-24-7-5-12)13-2-3-15(20)14(10-13)19(21,22)23/h2-3,10-12,24H,4-9H2,1H3,(H,28,29). The Morgan fingerprint density at radius 1 is 1.34 bits per heavy atom. The Bertz CT molecular complexity index is 876. The Morgan fingerprint density at radius 2 is 2.03 bits per heavy atom. The van der Waals surface area contributed by atoms with Gasteiger partial charge in [-0.2, -0.15) is 13.2 Å². The van der Waals surface area contributed by atoms with Crippen LogP contribution in [-0.4, -0.2) is 52.3 Å². The lowest BCUT2D eigenvalue weighted by Crippen LogP contribution is -2.30. The number of nitrogens with zero attached hydrogens (tertiary/aromatic N) is 3. The van der Waals surface area contributed by atoms with Crippen molar-refractivity contribution in [3.63, 3.8) is 0 Å². The number of piperidine rings is 1. The number of aromatic nitrogens is 2. The van der Waals surface area contributed by atoms with Crippen LogP contribution in [0.1, 0.15) is 30.1 Å². The summed E-state index contributed by atoms with van der Waals surface area (Å²) < 4.78 is 54.6. The van der Waals surface area contributed by atoms with Gasteiger partial charge in [0, 0.05) is 37.8 Å². The Hall–Kier alpha value is -2.62. The number of rotatable bonds is 5. The first-order chi connectivity index (χ1) is 13.7. The number of likely N-dealkylation sites (N-methyl/N-ethyl adjacent to an activating group) is 1. The number of nitrogens with one attached hydrogen (secondary N) is 1. The lowest BCUT2D eigenvalue weighted by molar-refractivity contribution is -0.139. The largest absolute Gasteiger partial charge is 0.465 e. The van der Waals surface area contributed by atoms with Gasteiger partial charge in [-0.25, -0.2) is 14.2 Å². The van der Waals surface area contributed by atoms with Gasteiger partial charge < -0.3 is 19.9 Å². The van der Waals surface area contributed by atoms with Crippen LogP contribution in [0.4, 0.5) is 22.4 Å². The second-order valence-electron chi connectivity index (χ2n) is 7.10. The summed E-state index contributed by atoms with van der Waals surface area (Å²) in [4.78, 5) is 16.7. The molecule has 0 saturated carbocycles. The van der Waals surface area contributed by atoms with E-state index in [9.17, 15) is 22.4 Å². The number of carboxylic acid groups (broad SMARTS) is 1. The van der Waals surface area contributed by atoms with Crippen LogP contribution >= 0.6 is 0 Å². The van der Waals surface area contributed by atoms with Crippen LogP contribution < -0.4 is 5.32 Å². The SMILES string of the molecule is CN(CCn1cc(-c2ccc(F)c(C(F)(F)F)c2)nc1C1CCNCC1)C(=O)O. The average Bonchev–Trinajstić information content (AvgIpc) is 3.10. The minimum Gasteiger partial charge on any atom is -0.465 e. The highest BCUT2D eigenvalue weighted by atomic mass is 19.4. The number of benzene rings is 1. The highest BCUT2D eigenvalue weighted by Gasteiger charge is 2.34. The van der Waals surface area contributed by atoms with E-state index in [1.54, 1.807) is 10.8 Å². The van der Waals surface area contributed by atoms with Crippen molar-refractivity contribution in [1.29, 1.82) is 0 Å². The maximum atomic E-state index is 13.6. The van der Waals surface area contributed by atoms with Crippen molar-refractivity contribution >= 4 is 6.09 Å². The molecule has 10 heteroatoms. The summed E-state index contributed by atoms with van der Waals surface area (Å²) in [6.45, 7) is 2.13. The molecule has 1 aliphatic heterocycles. The Labute approximate surface area is 165 Å². The maximum absolute atomic E-state index is 13.6. The second kappa shape index (κ2) is 8.40. The zero-order valence-electron chi connectivity index (χ0n) is 15.8. The molecule has 1 aromatic heterocycles. The van der Waals surface area contributed by atoms with Gasteiger partial charge in [-0.05, 0) is 44.1 Å². The van der Waals surface area contributed by atoms with E-state index in [1.807, 2.05) is 0 Å². The molecule has 0 radical (unpaired) electrons. The first-order valence-electron chi connectivity index (χ1n) is 9.25. The van der Waals surface area contributed by atoms with Crippen molar-refractivity contribution in [2.24, 2.45) is 0 Å². The smallest absolute Gasteiger partial charge is 0.419 e. The van der Waals surface area contributed by atoms with Crippen molar-refractivity contribution in [3.05, 3.63) is 41.6 Å². The first-order valence-corrected chi connectivity index (χ1v) is 9.25. The summed E-state index contributed by atoms with van der Waals surface area (Å²) in [5.41, 5.74) is -0.861. The van der Waals surface area contributed by atoms with E-state index >= 15 is 0 Å². The maximum Gasteiger partial charge on any atom is 0.419 e. The van der Waals surface area contributed by atoms with Crippen LogP contribution in [0.15, 0.2) is 24.4 Å². The van der Waals surface area contributed by atoms with Crippen molar-refractivity contribution in [3.8, 4) is 11.3 Å². The van der Waals surface area contributed by atoms with Crippen LogP contribution in [-0.2, 0) is 12.7 Å². The molecule has 0 aliphatic carbocycles. The fourth-order valence-corrected chi connectivity index (χ4v) is 3.41. The second-order valence-corrected chi connectivity index (χ2v) is 7.10. The molecule has 0 bridgehead atoms. The number of halogens is 4. The number of amides is 1. The van der Waals surface area contributed by atoms with Gasteiger partial charge in [-0.1, -0.05) is 0 Å². The summed E-state index contributed by atoms with van der Waals surface area (Å²) >= 11 is 0. The minimum absolute atomic E-state index is 0.114. The summed E-state index contributed by atoms with van der Waals surface area (Å²) in [5.74, 6) is -0.511. The predicted molar refractivity (Wildman–Crippen MR) is 98.1 cm³/mol. The molecule has 0 atom stereocenters. The molecule has 29 heavy (non-hydrogen) atoms. The third-order valence-electron chi connectivity index (χ3n) is 5.08. The number of imidazole rings is 1. The van der Waals surface area contributed by atoms with Crippen molar-refractivity contribution in [1.82, 2.24) is 19.8 Å². The number of carbonyl (C=O) groups is 1. The number of hydrogen-bond acceptors (Lipinski definition) is 3. The Kier molecular flexibility index (Phi) is 6.11. The highest BCUT2D eigenvalue weighted by Crippen LogP contribution is 2.35. The molecule has 6 nitrogen and oxygen atoms in total. The Balaban J connectivity index is 1.96. The third kappa shape index (κ3) is 4.87. The van der Waals surface area contributed by atoms with Gasteiger partial charge in [0.2, 0.25) is 0 Å². The minimum atomic E-state index is -4.80. The molecule has 1 saturated heterocycles. The van der Waals surface area contributed by atoms with Gasteiger partial charge in [0.05, 0.1) is 11.3 Å². The van der Waals surface area contributed by atoms with Gasteiger partial charge >= 0.3 is 12.3 Å². The van der Waals surface area contributed by atoms with Crippen LogP contribution in [0.25, 0.3) is 11.3 Å². The van der Waals surface area contributed by atoms with Crippen molar-refractivity contribution < 1.29 is 27.5 Å². The van der Waals surface area contributed by atoms with Gasteiger partial charge in [0.1, 0.15) is 11.6 Å². The van der Waals surface area contributed by atoms with E-state index in [2.05, 4.69) is 10.3 Å². The zero-order valence-corrected chi connectivity index (χ0v) is 15.8. The molecule has 0 unspecified atom stereocenters. The number of alkyl halides is 3. The van der Waals surface area contributed by atoms with E-state index < -0.39 is 23.7 Å². The molecular formula is C19H22F4N4O2. The molecule has 1 aliphatic rings. The molecule has 2 heterocycles. The molecule has 1 aromatic carbocycles. The van der Waals surface area contributed by atoms with Gasteiger partial charge in [0.15, 0.2) is 0 Å². The van der Waals surface area contributed by atoms with E-state index in [0.717, 1.165) is 43.0 Å². The van der Waals surface area contributed by atoms with Gasteiger partial charge in [-0.15, -0.1) is 0 Å². The molecule has 158 valence electrons. The fourth-order valence-electron chi connectivity index (χ4n) is 3.41. The van der Waals surface area contributed by atoms with Crippen LogP contribution in [0.3, 0.4) is 0 Å². The first kappa shape index (κ1) is 21.1. The Morgan fingerprint density at radius 3 is 2.66 bits per heavy atom. The van der Waals surface area contributed by atoms with E-state index in [4.69, 9.17) is 5.11 Å². The fraction of sp³-hybridized carbons (Fsp3) is 0.474. The third-order valence-corrected chi connectivity index (χ3v) is 5.08. The van der Waals surface area contributed by atoms with Gasteiger partial charge in [0.25, 0.3) is 0 Å². The van der Waals surface area contributed by atoms with Gasteiger partial charge in [-0.3, -0.25) is 0 Å². The lowest BCUT2D eigenvalue weighted by atomic mass is 9.97. The van der Waals surface area contributed by atoms with Crippen LogP contribution in [0, 0.1) is 5.82 Å². The molecular weight excluding hydrogens is 392 g/mol. The normalized spacial score (nSPS) is 15.5. The monoisotopic (exact) mass is 414 g/mol. The number of hydrogen-bond donors (Lipinski definition) is 2. The topological polar surface area (TPSA) is 70.4 Å². The van der Waals surface area contributed by atoms with E-state index in [1.165, 1.54) is 13.1 Å². The predicted octanol–water partition coefficient (Wildman–Crippen LogP) is 3.78.